The Morgan fingerprint density at radius 3 is 1.38 bits per heavy atom. The van der Waals surface area contributed by atoms with E-state index in [4.69, 9.17) is 14.2 Å². The standard InChI is InChI=1S/C68H123N11O16/c1-37(2)29-48-63(87)76(21)51(32-40(7)8)59(83)69-45(16)68(92)95-58(43(13)14)67(91)77(22)52(33-41(9)10)61(85)71-49(30-38(3)4)64(88)78(23)55(42(11)12)66(90)79(24)56(57(82)44(15)25-26-73(18)34-47-36-93-27-28-94-47)62(86)72-54(46(17)80)65(89)74(19)35-53(81)75(20)50(31-39(5)6)60(84)70-48/h37-52,54-58,80,82H,25-36H2,1-24H3,(H,69,83)(H,70,84)(H,71,85)(H,72,86)/t44-,45+,46-,47?,48+,49+,50+,51+,52+,54+,55+,56+,57-,58-/m1/s1. The fourth-order valence-corrected chi connectivity index (χ4v) is 12.0. The minimum atomic E-state index is -1.78. The third kappa shape index (κ3) is 25.7. The van der Waals surface area contributed by atoms with Crippen molar-refractivity contribution in [1.82, 2.24) is 55.6 Å². The molecule has 0 radical (unpaired) electrons. The number of carbonyl (C=O) groups is 11. The van der Waals surface area contributed by atoms with Crippen molar-refractivity contribution in [2.75, 3.05) is 88.8 Å². The van der Waals surface area contributed by atoms with Gasteiger partial charge in [-0.25, -0.2) is 4.79 Å². The first-order valence-corrected chi connectivity index (χ1v) is 34.2. The van der Waals surface area contributed by atoms with Crippen LogP contribution in [0.25, 0.3) is 0 Å². The second kappa shape index (κ2) is 39.4. The van der Waals surface area contributed by atoms with Crippen molar-refractivity contribution in [2.45, 2.75) is 235 Å². The molecule has 14 atom stereocenters. The zero-order valence-electron chi connectivity index (χ0n) is 61.9. The molecular formula is C68H123N11O16. The topological polar surface area (TPSA) is 327 Å². The molecule has 0 aromatic carbocycles. The number of rotatable bonds is 20. The average Bonchev–Trinajstić information content (AvgIpc) is 0.833. The van der Waals surface area contributed by atoms with Gasteiger partial charge >= 0.3 is 5.97 Å². The zero-order chi connectivity index (χ0) is 73.0. The molecule has 6 N–H and O–H groups in total. The monoisotopic (exact) mass is 1350 g/mol. The second-order valence-corrected chi connectivity index (χ2v) is 29.6. The van der Waals surface area contributed by atoms with Crippen LogP contribution in [-0.4, -0.2) is 277 Å². The Balaban J connectivity index is 3.02. The number of esters is 1. The summed E-state index contributed by atoms with van der Waals surface area (Å²) in [5.41, 5.74) is 0. The maximum absolute atomic E-state index is 15.4. The third-order valence-corrected chi connectivity index (χ3v) is 17.7. The summed E-state index contributed by atoms with van der Waals surface area (Å²) in [6.45, 7) is 31.0. The largest absolute Gasteiger partial charge is 0.450 e. The highest BCUT2D eigenvalue weighted by atomic mass is 16.6. The van der Waals surface area contributed by atoms with Gasteiger partial charge < -0.3 is 80.0 Å². The molecule has 2 heterocycles. The quantitative estimate of drug-likeness (QED) is 0.0951. The number of aliphatic hydroxyl groups is 2. The molecule has 2 saturated heterocycles. The van der Waals surface area contributed by atoms with Crippen LogP contribution in [0.3, 0.4) is 0 Å². The number of hydrogen-bond acceptors (Lipinski definition) is 17. The van der Waals surface area contributed by atoms with Gasteiger partial charge in [0.2, 0.25) is 53.2 Å². The molecule has 95 heavy (non-hydrogen) atoms. The lowest BCUT2D eigenvalue weighted by Crippen LogP contribution is -2.64. The number of amides is 10. The molecule has 0 aromatic rings. The van der Waals surface area contributed by atoms with E-state index in [0.717, 1.165) is 14.7 Å². The van der Waals surface area contributed by atoms with Crippen LogP contribution in [0.5, 0.6) is 0 Å². The van der Waals surface area contributed by atoms with Gasteiger partial charge in [0.1, 0.15) is 54.4 Å². The molecule has 2 aliphatic rings. The Bertz CT molecular complexity index is 2540. The zero-order valence-corrected chi connectivity index (χ0v) is 61.9. The molecule has 0 aliphatic carbocycles. The SMILES string of the molecule is CC(C)C[C@@H]1NC(=O)[C@H](CC(C)C)N(C)C(=O)[C@@H](C(C)C)OC(=O)[C@H](C)NC(=O)[C@H](CC(C)C)N(C)C(=O)[C@H](CC(C)C)NC(=O)[C@H](CC(C)C)N(C)C(=O)CN(C)C(=O)[C@H]([C@@H](C)O)NC(=O)[C@H]([C@H](O)[C@H](C)CCN(C)CC2COCCO2)N(C)C(=O)[C@H](C(C)C)N(C)C1=O. The first kappa shape index (κ1) is 85.1. The summed E-state index contributed by atoms with van der Waals surface area (Å²) in [4.78, 5) is 171. The number of likely N-dealkylation sites (N-methyl/N-ethyl adjacent to an activating group) is 7. The Kier molecular flexibility index (Phi) is 35.3. The maximum Gasteiger partial charge on any atom is 0.329 e. The second-order valence-electron chi connectivity index (χ2n) is 29.6. The summed E-state index contributed by atoms with van der Waals surface area (Å²) >= 11 is 0. The van der Waals surface area contributed by atoms with Crippen molar-refractivity contribution in [2.24, 2.45) is 47.3 Å². The lowest BCUT2D eigenvalue weighted by molar-refractivity contribution is -0.166. The molecule has 0 bridgehead atoms. The minimum Gasteiger partial charge on any atom is -0.450 e. The molecule has 27 nitrogen and oxygen atoms in total. The van der Waals surface area contributed by atoms with Crippen LogP contribution in [0.4, 0.5) is 0 Å². The third-order valence-electron chi connectivity index (χ3n) is 17.7. The first-order valence-electron chi connectivity index (χ1n) is 34.2. The van der Waals surface area contributed by atoms with E-state index in [9.17, 15) is 48.6 Å². The number of hydrogen-bond donors (Lipinski definition) is 6. The fourth-order valence-electron chi connectivity index (χ4n) is 12.0. The number of cyclic esters (lactones) is 1. The molecule has 0 spiro atoms. The van der Waals surface area contributed by atoms with Crippen molar-refractivity contribution >= 4 is 65.0 Å². The molecule has 0 aromatic heterocycles. The predicted molar refractivity (Wildman–Crippen MR) is 360 cm³/mol. The van der Waals surface area contributed by atoms with Gasteiger partial charge in [0.15, 0.2) is 6.10 Å². The van der Waals surface area contributed by atoms with E-state index < -0.39 is 162 Å². The molecule has 2 fully saturated rings. The lowest BCUT2D eigenvalue weighted by Gasteiger charge is -2.40. The Hall–Kier alpha value is -6.03. The number of nitrogens with zero attached hydrogens (tertiary/aromatic N) is 7. The summed E-state index contributed by atoms with van der Waals surface area (Å²) in [6, 6.07) is -12.4. The molecule has 2 rings (SSSR count). The van der Waals surface area contributed by atoms with Crippen molar-refractivity contribution in [3.8, 4) is 0 Å². The Morgan fingerprint density at radius 1 is 0.505 bits per heavy atom. The molecule has 27 heteroatoms. The summed E-state index contributed by atoms with van der Waals surface area (Å²) in [5.74, 6) is -11.7. The molecular weight excluding hydrogens is 1230 g/mol. The average molecular weight is 1350 g/mol. The van der Waals surface area contributed by atoms with Crippen LogP contribution in [0.2, 0.25) is 0 Å². The van der Waals surface area contributed by atoms with E-state index in [1.807, 2.05) is 81.2 Å². The number of carbonyl (C=O) groups excluding carboxylic acids is 11. The fraction of sp³-hybridized carbons (Fsp3) is 0.838. The van der Waals surface area contributed by atoms with E-state index in [-0.39, 0.29) is 74.2 Å². The lowest BCUT2D eigenvalue weighted by atomic mass is 9.91. The van der Waals surface area contributed by atoms with Crippen molar-refractivity contribution in [1.29, 1.82) is 0 Å². The Labute approximate surface area is 566 Å². The van der Waals surface area contributed by atoms with Crippen LogP contribution in [0.15, 0.2) is 0 Å². The molecule has 1 unspecified atom stereocenters. The van der Waals surface area contributed by atoms with Gasteiger partial charge in [-0.05, 0) is 113 Å². The molecule has 546 valence electrons. The van der Waals surface area contributed by atoms with Gasteiger partial charge in [-0.2, -0.15) is 0 Å². The van der Waals surface area contributed by atoms with Crippen molar-refractivity contribution < 1.29 is 77.2 Å². The van der Waals surface area contributed by atoms with Crippen LogP contribution >= 0.6 is 0 Å². The van der Waals surface area contributed by atoms with E-state index >= 15 is 14.4 Å². The van der Waals surface area contributed by atoms with Gasteiger partial charge in [0.25, 0.3) is 5.91 Å². The van der Waals surface area contributed by atoms with Crippen LogP contribution in [0.1, 0.15) is 156 Å². The summed E-state index contributed by atoms with van der Waals surface area (Å²) < 4.78 is 17.3. The highest BCUT2D eigenvalue weighted by molar-refractivity contribution is 5.99. The van der Waals surface area contributed by atoms with Crippen LogP contribution in [-0.2, 0) is 67.0 Å². The predicted octanol–water partition coefficient (Wildman–Crippen LogP) is 2.12. The smallest absolute Gasteiger partial charge is 0.329 e. The van der Waals surface area contributed by atoms with Crippen molar-refractivity contribution in [3.63, 3.8) is 0 Å². The molecule has 10 amide bonds. The molecule has 0 saturated carbocycles. The van der Waals surface area contributed by atoms with Crippen LogP contribution < -0.4 is 21.3 Å². The van der Waals surface area contributed by atoms with E-state index in [2.05, 4.69) is 21.3 Å². The highest BCUT2D eigenvalue weighted by Crippen LogP contribution is 2.25. The maximum atomic E-state index is 15.4. The first-order chi connectivity index (χ1) is 44.0. The van der Waals surface area contributed by atoms with Gasteiger partial charge in [-0.3, -0.25) is 47.9 Å². The van der Waals surface area contributed by atoms with E-state index in [0.29, 0.717) is 32.9 Å². The van der Waals surface area contributed by atoms with Gasteiger partial charge in [0, 0.05) is 48.8 Å². The Morgan fingerprint density at radius 2 is 0.947 bits per heavy atom. The number of nitrogens with one attached hydrogen (secondary N) is 4. The van der Waals surface area contributed by atoms with Gasteiger partial charge in [0.05, 0.1) is 44.7 Å². The van der Waals surface area contributed by atoms with Gasteiger partial charge in [-0.1, -0.05) is 104 Å². The normalized spacial score (nSPS) is 27.3. The number of aliphatic hydroxyl groups excluding tert-OH is 2. The van der Waals surface area contributed by atoms with Crippen molar-refractivity contribution in [3.05, 3.63) is 0 Å². The van der Waals surface area contributed by atoms with E-state index in [1.54, 1.807) is 34.6 Å². The van der Waals surface area contributed by atoms with Crippen LogP contribution in [0, 0.1) is 47.3 Å². The van der Waals surface area contributed by atoms with Gasteiger partial charge in [-0.15, -0.1) is 0 Å². The highest BCUT2D eigenvalue weighted by Gasteiger charge is 2.46. The summed E-state index contributed by atoms with van der Waals surface area (Å²) in [7, 11) is 10.0. The minimum absolute atomic E-state index is 0.0698. The summed E-state index contributed by atoms with van der Waals surface area (Å²) in [5, 5.41) is 34.8. The van der Waals surface area contributed by atoms with E-state index in [1.165, 1.54) is 70.8 Å². The molecule has 2 aliphatic heterocycles. The summed E-state index contributed by atoms with van der Waals surface area (Å²) in [6.07, 6.45) is -4.16. The number of ether oxygens (including phenoxy) is 3.